The molecule has 0 heterocycles. The summed E-state index contributed by atoms with van der Waals surface area (Å²) in [6.45, 7) is 4.18. The predicted octanol–water partition coefficient (Wildman–Crippen LogP) is 3.94. The van der Waals surface area contributed by atoms with Crippen molar-refractivity contribution in [1.82, 2.24) is 5.32 Å². The van der Waals surface area contributed by atoms with Crippen LogP contribution < -0.4 is 10.6 Å². The summed E-state index contributed by atoms with van der Waals surface area (Å²) in [6.07, 6.45) is 5.46. The first kappa shape index (κ1) is 13.5. The second kappa shape index (κ2) is 5.47. The highest BCUT2D eigenvalue weighted by Crippen LogP contribution is 2.49. The van der Waals surface area contributed by atoms with Crippen LogP contribution in [0.4, 0.5) is 10.5 Å². The molecule has 3 rings (SSSR count). The highest BCUT2D eigenvalue weighted by atomic mass is 16.2. The number of hydrogen-bond donors (Lipinski definition) is 2. The molecule has 0 unspecified atom stereocenters. The van der Waals surface area contributed by atoms with Crippen LogP contribution in [0.1, 0.15) is 38.2 Å². The Hall–Kier alpha value is -1.51. The molecule has 0 spiro atoms. The molecule has 3 heteroatoms. The highest BCUT2D eigenvalue weighted by molar-refractivity contribution is 5.89. The maximum absolute atomic E-state index is 12.1. The predicted molar refractivity (Wildman–Crippen MR) is 81.7 cm³/mol. The Morgan fingerprint density at radius 1 is 1.30 bits per heavy atom. The largest absolute Gasteiger partial charge is 0.335 e. The minimum Gasteiger partial charge on any atom is -0.335 e. The summed E-state index contributed by atoms with van der Waals surface area (Å²) < 4.78 is 0. The lowest BCUT2D eigenvalue weighted by atomic mass is 9.84. The summed E-state index contributed by atoms with van der Waals surface area (Å²) in [6, 6.07) is 8.10. The molecule has 0 aromatic heterocycles. The second-order valence-corrected chi connectivity index (χ2v) is 6.60. The van der Waals surface area contributed by atoms with Crippen molar-refractivity contribution in [3.8, 4) is 0 Å². The molecule has 2 saturated carbocycles. The van der Waals surface area contributed by atoms with Crippen LogP contribution in [0.5, 0.6) is 0 Å². The molecular weight excluding hydrogens is 248 g/mol. The van der Waals surface area contributed by atoms with Gasteiger partial charge in [-0.25, -0.2) is 4.79 Å². The van der Waals surface area contributed by atoms with Crippen molar-refractivity contribution in [2.75, 3.05) is 5.32 Å². The average Bonchev–Trinajstić information content (AvgIpc) is 3.00. The minimum atomic E-state index is -0.0779. The molecular formula is C17H24N2O. The summed E-state index contributed by atoms with van der Waals surface area (Å²) in [5.41, 5.74) is 2.02. The first-order chi connectivity index (χ1) is 9.61. The number of carbonyl (C=O) groups is 1. The summed E-state index contributed by atoms with van der Waals surface area (Å²) in [5, 5.41) is 6.06. The first-order valence-corrected chi connectivity index (χ1v) is 7.76. The van der Waals surface area contributed by atoms with Crippen LogP contribution in [0.3, 0.4) is 0 Å². The fourth-order valence-electron chi connectivity index (χ4n) is 4.11. The lowest BCUT2D eigenvalue weighted by molar-refractivity contribution is 0.230. The summed E-state index contributed by atoms with van der Waals surface area (Å²) in [5.74, 6) is 2.44. The maximum Gasteiger partial charge on any atom is 0.319 e. The summed E-state index contributed by atoms with van der Waals surface area (Å²) in [4.78, 5) is 12.1. The number of anilines is 1. The zero-order valence-corrected chi connectivity index (χ0v) is 12.4. The normalized spacial score (nSPS) is 29.2. The number of hydrogen-bond acceptors (Lipinski definition) is 1. The molecule has 0 radical (unpaired) electrons. The van der Waals surface area contributed by atoms with Crippen molar-refractivity contribution < 1.29 is 4.79 Å². The minimum absolute atomic E-state index is 0.0779. The third kappa shape index (κ3) is 2.82. The summed E-state index contributed by atoms with van der Waals surface area (Å²) >= 11 is 0. The van der Waals surface area contributed by atoms with Gasteiger partial charge in [0.25, 0.3) is 0 Å². The fourth-order valence-corrected chi connectivity index (χ4v) is 4.11. The fraction of sp³-hybridized carbons (Fsp3) is 0.588. The van der Waals surface area contributed by atoms with Gasteiger partial charge in [0.05, 0.1) is 0 Å². The first-order valence-electron chi connectivity index (χ1n) is 7.76. The van der Waals surface area contributed by atoms with Crippen LogP contribution in [0.15, 0.2) is 24.3 Å². The molecule has 2 bridgehead atoms. The number of fused-ring (bicyclic) bond motifs is 2. The van der Waals surface area contributed by atoms with Gasteiger partial charge in [-0.2, -0.15) is 0 Å². The van der Waals surface area contributed by atoms with Crippen molar-refractivity contribution in [2.24, 2.45) is 17.8 Å². The van der Waals surface area contributed by atoms with Gasteiger partial charge < -0.3 is 10.6 Å². The van der Waals surface area contributed by atoms with Gasteiger partial charge in [0.1, 0.15) is 0 Å². The molecule has 0 saturated heterocycles. The second-order valence-electron chi connectivity index (χ2n) is 6.60. The molecule has 2 aliphatic carbocycles. The van der Waals surface area contributed by atoms with E-state index < -0.39 is 0 Å². The van der Waals surface area contributed by atoms with E-state index in [0.717, 1.165) is 23.1 Å². The van der Waals surface area contributed by atoms with Crippen molar-refractivity contribution >= 4 is 11.7 Å². The standard InChI is InChI=1S/C17H24N2O/c1-11-4-3-5-15(8-11)19-17(20)18-12(2)16-10-13-6-7-14(16)9-13/h3-5,8,12-14,16H,6-7,9-10H2,1-2H3,(H2,18,19,20)/t12-,13+,14+,16+/m1/s1. The van der Waals surface area contributed by atoms with Gasteiger partial charge in [0.15, 0.2) is 0 Å². The van der Waals surface area contributed by atoms with Crippen molar-refractivity contribution in [1.29, 1.82) is 0 Å². The van der Waals surface area contributed by atoms with E-state index in [-0.39, 0.29) is 12.1 Å². The third-order valence-electron chi connectivity index (χ3n) is 5.07. The van der Waals surface area contributed by atoms with Crippen LogP contribution in [-0.4, -0.2) is 12.1 Å². The molecule has 2 amide bonds. The summed E-state index contributed by atoms with van der Waals surface area (Å²) in [7, 11) is 0. The van der Waals surface area contributed by atoms with E-state index in [1.165, 1.54) is 25.7 Å². The van der Waals surface area contributed by atoms with Crippen LogP contribution in [0.25, 0.3) is 0 Å². The molecule has 1 aromatic rings. The van der Waals surface area contributed by atoms with Gasteiger partial charge in [-0.05, 0) is 68.6 Å². The Bertz CT molecular complexity index is 500. The Morgan fingerprint density at radius 3 is 2.80 bits per heavy atom. The number of carbonyl (C=O) groups excluding carboxylic acids is 1. The SMILES string of the molecule is Cc1cccc(NC(=O)N[C@H](C)[C@@H]2C[C@H]3CC[C@H]2C3)c1. The van der Waals surface area contributed by atoms with E-state index in [9.17, 15) is 4.79 Å². The molecule has 2 fully saturated rings. The maximum atomic E-state index is 12.1. The quantitative estimate of drug-likeness (QED) is 0.859. The number of amides is 2. The van der Waals surface area contributed by atoms with Gasteiger partial charge in [0, 0.05) is 11.7 Å². The van der Waals surface area contributed by atoms with Crippen molar-refractivity contribution in [2.45, 2.75) is 45.6 Å². The monoisotopic (exact) mass is 272 g/mol. The number of rotatable bonds is 3. The zero-order valence-electron chi connectivity index (χ0n) is 12.4. The number of aryl methyl sites for hydroxylation is 1. The van der Waals surface area contributed by atoms with Crippen molar-refractivity contribution in [3.63, 3.8) is 0 Å². The van der Waals surface area contributed by atoms with Crippen LogP contribution in [-0.2, 0) is 0 Å². The highest BCUT2D eigenvalue weighted by Gasteiger charge is 2.42. The van der Waals surface area contributed by atoms with Gasteiger partial charge in [-0.1, -0.05) is 18.6 Å². The molecule has 108 valence electrons. The van der Waals surface area contributed by atoms with Gasteiger partial charge >= 0.3 is 6.03 Å². The molecule has 2 N–H and O–H groups in total. The lowest BCUT2D eigenvalue weighted by Gasteiger charge is -2.28. The molecule has 1 aromatic carbocycles. The van der Waals surface area contributed by atoms with E-state index in [1.54, 1.807) is 0 Å². The smallest absolute Gasteiger partial charge is 0.319 e. The van der Waals surface area contributed by atoms with Gasteiger partial charge in [-0.15, -0.1) is 0 Å². The number of urea groups is 1. The Kier molecular flexibility index (Phi) is 3.68. The van der Waals surface area contributed by atoms with E-state index in [0.29, 0.717) is 5.92 Å². The third-order valence-corrected chi connectivity index (χ3v) is 5.07. The van der Waals surface area contributed by atoms with Crippen LogP contribution in [0, 0.1) is 24.7 Å². The number of nitrogens with one attached hydrogen (secondary N) is 2. The van der Waals surface area contributed by atoms with E-state index in [4.69, 9.17) is 0 Å². The molecule has 2 aliphatic rings. The molecule has 0 aliphatic heterocycles. The van der Waals surface area contributed by atoms with Crippen LogP contribution in [0.2, 0.25) is 0 Å². The van der Waals surface area contributed by atoms with Crippen LogP contribution >= 0.6 is 0 Å². The Morgan fingerprint density at radius 2 is 2.15 bits per heavy atom. The Balaban J connectivity index is 1.53. The Labute approximate surface area is 121 Å². The van der Waals surface area contributed by atoms with E-state index >= 15 is 0 Å². The van der Waals surface area contributed by atoms with E-state index in [1.807, 2.05) is 31.2 Å². The van der Waals surface area contributed by atoms with E-state index in [2.05, 4.69) is 17.6 Å². The molecule has 4 atom stereocenters. The molecule has 3 nitrogen and oxygen atoms in total. The average molecular weight is 272 g/mol. The zero-order chi connectivity index (χ0) is 14.1. The van der Waals surface area contributed by atoms with Gasteiger partial charge in [-0.3, -0.25) is 0 Å². The number of benzene rings is 1. The lowest BCUT2D eigenvalue weighted by Crippen LogP contribution is -2.42. The van der Waals surface area contributed by atoms with Crippen molar-refractivity contribution in [3.05, 3.63) is 29.8 Å². The topological polar surface area (TPSA) is 41.1 Å². The van der Waals surface area contributed by atoms with Gasteiger partial charge in [0.2, 0.25) is 0 Å². The molecule has 20 heavy (non-hydrogen) atoms.